The summed E-state index contributed by atoms with van der Waals surface area (Å²) < 4.78 is 18.1. The quantitative estimate of drug-likeness (QED) is 0.926. The van der Waals surface area contributed by atoms with E-state index in [4.69, 9.17) is 14.2 Å². The van der Waals surface area contributed by atoms with Crippen LogP contribution in [0.4, 0.5) is 0 Å². The third-order valence-electron chi connectivity index (χ3n) is 3.63. The maximum absolute atomic E-state index is 5.89. The van der Waals surface area contributed by atoms with Crippen LogP contribution in [0.5, 0.6) is 11.5 Å². The van der Waals surface area contributed by atoms with Crippen LogP contribution in [-0.2, 0) is 4.74 Å². The molecule has 0 aromatic heterocycles. The summed E-state index contributed by atoms with van der Waals surface area (Å²) in [5.74, 6) is 2.13. The summed E-state index contributed by atoms with van der Waals surface area (Å²) in [4.78, 5) is 0. The van der Waals surface area contributed by atoms with Gasteiger partial charge in [-0.1, -0.05) is 0 Å². The van der Waals surface area contributed by atoms with Gasteiger partial charge >= 0.3 is 0 Å². The molecule has 4 nitrogen and oxygen atoms in total. The van der Waals surface area contributed by atoms with Gasteiger partial charge in [-0.15, -0.1) is 0 Å². The Labute approximate surface area is 121 Å². The standard InChI is InChI=1S/C14H18BrNO3/c1-16-8-9-2-3-18-13(9)10-6-11(15)14-12(7-10)17-4-5-19-14/h6-7,9,13,16H,2-5,8H2,1H3. The molecular formula is C14H18BrNO3. The molecule has 1 fully saturated rings. The summed E-state index contributed by atoms with van der Waals surface area (Å²) in [5.41, 5.74) is 1.16. The minimum atomic E-state index is 0.138. The lowest BCUT2D eigenvalue weighted by Gasteiger charge is -2.24. The Kier molecular flexibility index (Phi) is 3.96. The number of fused-ring (bicyclic) bond motifs is 1. The summed E-state index contributed by atoms with van der Waals surface area (Å²) in [5, 5.41) is 3.24. The molecule has 2 heterocycles. The van der Waals surface area contributed by atoms with E-state index >= 15 is 0 Å². The van der Waals surface area contributed by atoms with Gasteiger partial charge in [0, 0.05) is 19.1 Å². The second-order valence-corrected chi connectivity index (χ2v) is 5.78. The van der Waals surface area contributed by atoms with E-state index in [0.717, 1.165) is 41.1 Å². The van der Waals surface area contributed by atoms with Crippen LogP contribution in [0.2, 0.25) is 0 Å². The molecule has 0 amide bonds. The summed E-state index contributed by atoms with van der Waals surface area (Å²) >= 11 is 3.56. The average molecular weight is 328 g/mol. The third kappa shape index (κ3) is 2.59. The minimum absolute atomic E-state index is 0.138. The maximum atomic E-state index is 5.89. The summed E-state index contributed by atoms with van der Waals surface area (Å²) in [7, 11) is 1.98. The van der Waals surface area contributed by atoms with Gasteiger partial charge in [-0.05, 0) is 47.1 Å². The lowest BCUT2D eigenvalue weighted by molar-refractivity contribution is 0.0900. The van der Waals surface area contributed by atoms with Crippen LogP contribution in [0.3, 0.4) is 0 Å². The van der Waals surface area contributed by atoms with Gasteiger partial charge in [0.15, 0.2) is 11.5 Å². The van der Waals surface area contributed by atoms with Crippen molar-refractivity contribution in [1.29, 1.82) is 0 Å². The second kappa shape index (κ2) is 5.69. The lowest BCUT2D eigenvalue weighted by Crippen LogP contribution is -2.22. The van der Waals surface area contributed by atoms with E-state index in [1.165, 1.54) is 0 Å². The molecule has 1 N–H and O–H groups in total. The van der Waals surface area contributed by atoms with Crippen molar-refractivity contribution in [2.75, 3.05) is 33.4 Å². The first-order chi connectivity index (χ1) is 9.29. The van der Waals surface area contributed by atoms with Crippen molar-refractivity contribution in [2.45, 2.75) is 12.5 Å². The van der Waals surface area contributed by atoms with Crippen LogP contribution in [0.15, 0.2) is 16.6 Å². The van der Waals surface area contributed by atoms with Crippen LogP contribution in [0.1, 0.15) is 18.1 Å². The molecular weight excluding hydrogens is 310 g/mol. The number of hydrogen-bond donors (Lipinski definition) is 1. The second-order valence-electron chi connectivity index (χ2n) is 4.92. The van der Waals surface area contributed by atoms with Crippen molar-refractivity contribution < 1.29 is 14.2 Å². The molecule has 0 radical (unpaired) electrons. The molecule has 0 aliphatic carbocycles. The first kappa shape index (κ1) is 13.2. The van der Waals surface area contributed by atoms with Crippen molar-refractivity contribution in [3.63, 3.8) is 0 Å². The van der Waals surface area contributed by atoms with E-state index in [1.807, 2.05) is 7.05 Å². The number of halogens is 1. The molecule has 1 saturated heterocycles. The summed E-state index contributed by atoms with van der Waals surface area (Å²) in [6.07, 6.45) is 1.23. The molecule has 0 saturated carbocycles. The van der Waals surface area contributed by atoms with E-state index in [9.17, 15) is 0 Å². The van der Waals surface area contributed by atoms with Gasteiger partial charge in [0.25, 0.3) is 0 Å². The fourth-order valence-corrected chi connectivity index (χ4v) is 3.34. The molecule has 0 spiro atoms. The van der Waals surface area contributed by atoms with E-state index in [1.54, 1.807) is 0 Å². The number of rotatable bonds is 3. The van der Waals surface area contributed by atoms with Gasteiger partial charge < -0.3 is 19.5 Å². The average Bonchev–Trinajstić information content (AvgIpc) is 2.87. The van der Waals surface area contributed by atoms with E-state index in [2.05, 4.69) is 33.4 Å². The maximum Gasteiger partial charge on any atom is 0.175 e. The Hall–Kier alpha value is -0.780. The highest BCUT2D eigenvalue weighted by molar-refractivity contribution is 9.10. The van der Waals surface area contributed by atoms with Gasteiger partial charge in [-0.25, -0.2) is 0 Å². The molecule has 1 aromatic rings. The third-order valence-corrected chi connectivity index (χ3v) is 4.22. The van der Waals surface area contributed by atoms with Gasteiger partial charge in [0.2, 0.25) is 0 Å². The largest absolute Gasteiger partial charge is 0.486 e. The van der Waals surface area contributed by atoms with Crippen molar-refractivity contribution in [3.05, 3.63) is 22.2 Å². The fraction of sp³-hybridized carbons (Fsp3) is 0.571. The van der Waals surface area contributed by atoms with Gasteiger partial charge in [0.05, 0.1) is 10.6 Å². The fourth-order valence-electron chi connectivity index (χ4n) is 2.77. The Morgan fingerprint density at radius 2 is 2.11 bits per heavy atom. The van der Waals surface area contributed by atoms with Crippen LogP contribution in [0.25, 0.3) is 0 Å². The Balaban J connectivity index is 1.90. The van der Waals surface area contributed by atoms with Crippen molar-refractivity contribution >= 4 is 15.9 Å². The highest BCUT2D eigenvalue weighted by Gasteiger charge is 2.30. The highest BCUT2D eigenvalue weighted by Crippen LogP contribution is 2.43. The van der Waals surface area contributed by atoms with E-state index in [0.29, 0.717) is 19.1 Å². The molecule has 3 rings (SSSR count). The molecule has 2 aliphatic rings. The number of benzene rings is 1. The first-order valence-corrected chi connectivity index (χ1v) is 7.44. The molecule has 2 atom stereocenters. The van der Waals surface area contributed by atoms with Crippen molar-refractivity contribution in [1.82, 2.24) is 5.32 Å². The predicted octanol–water partition coefficient (Wildman–Crippen LogP) is 2.52. The Morgan fingerprint density at radius 3 is 2.95 bits per heavy atom. The van der Waals surface area contributed by atoms with Gasteiger partial charge in [-0.2, -0.15) is 0 Å². The topological polar surface area (TPSA) is 39.7 Å². The Bertz CT molecular complexity index is 466. The highest BCUT2D eigenvalue weighted by atomic mass is 79.9. The zero-order chi connectivity index (χ0) is 13.2. The number of nitrogens with one attached hydrogen (secondary N) is 1. The molecule has 19 heavy (non-hydrogen) atoms. The first-order valence-electron chi connectivity index (χ1n) is 6.65. The SMILES string of the molecule is CNCC1CCOC1c1cc(Br)c2c(c1)OCCO2. The van der Waals surface area contributed by atoms with Crippen LogP contribution < -0.4 is 14.8 Å². The Morgan fingerprint density at radius 1 is 1.26 bits per heavy atom. The van der Waals surface area contributed by atoms with Crippen LogP contribution >= 0.6 is 15.9 Å². The molecule has 2 aliphatic heterocycles. The molecule has 5 heteroatoms. The van der Waals surface area contributed by atoms with Gasteiger partial charge in [-0.3, -0.25) is 0 Å². The minimum Gasteiger partial charge on any atom is -0.486 e. The lowest BCUT2D eigenvalue weighted by atomic mass is 9.95. The molecule has 0 bridgehead atoms. The molecule has 104 valence electrons. The van der Waals surface area contributed by atoms with Crippen molar-refractivity contribution in [2.24, 2.45) is 5.92 Å². The molecule has 2 unspecified atom stereocenters. The number of ether oxygens (including phenoxy) is 3. The predicted molar refractivity (Wildman–Crippen MR) is 75.9 cm³/mol. The van der Waals surface area contributed by atoms with Crippen LogP contribution in [-0.4, -0.2) is 33.4 Å². The smallest absolute Gasteiger partial charge is 0.175 e. The molecule has 1 aromatic carbocycles. The van der Waals surface area contributed by atoms with Crippen molar-refractivity contribution in [3.8, 4) is 11.5 Å². The van der Waals surface area contributed by atoms with Crippen LogP contribution in [0, 0.1) is 5.92 Å². The summed E-state index contributed by atoms with van der Waals surface area (Å²) in [6, 6.07) is 4.14. The zero-order valence-electron chi connectivity index (χ0n) is 10.9. The zero-order valence-corrected chi connectivity index (χ0v) is 12.5. The van der Waals surface area contributed by atoms with Gasteiger partial charge in [0.1, 0.15) is 13.2 Å². The number of hydrogen-bond acceptors (Lipinski definition) is 4. The van der Waals surface area contributed by atoms with E-state index < -0.39 is 0 Å². The summed E-state index contributed by atoms with van der Waals surface area (Å²) in [6.45, 7) is 3.00. The monoisotopic (exact) mass is 327 g/mol. The van der Waals surface area contributed by atoms with E-state index in [-0.39, 0.29) is 6.10 Å². The normalized spacial score (nSPS) is 25.6.